The number of hydrogen-bond donors (Lipinski definition) is 2. The monoisotopic (exact) mass is 328 g/mol. The first-order valence-electron chi connectivity index (χ1n) is 5.90. The quantitative estimate of drug-likeness (QED) is 0.645. The first kappa shape index (κ1) is 18.7. The van der Waals surface area contributed by atoms with Gasteiger partial charge in [0.2, 0.25) is 0 Å². The second kappa shape index (κ2) is 11.5. The van der Waals surface area contributed by atoms with Gasteiger partial charge in [-0.1, -0.05) is 25.2 Å². The van der Waals surface area contributed by atoms with E-state index in [0.717, 1.165) is 5.56 Å². The van der Waals surface area contributed by atoms with Gasteiger partial charge in [0.05, 0.1) is 6.20 Å². The van der Waals surface area contributed by atoms with Crippen molar-refractivity contribution in [3.05, 3.63) is 35.0 Å². The standard InChI is InChI=1S/C10H7ClN4S.C2H6.CH4S/c11-4-7-1-2-13-9(3-7)15-10-14-6-8(5-12)16-10;2*1-2/h1-3,6H,4H2,(H,13,14,15);1-2H3;2H,1H3. The first-order valence-corrected chi connectivity index (χ1v) is 8.15. The topological polar surface area (TPSA) is 61.6 Å². The van der Waals surface area contributed by atoms with Gasteiger partial charge in [0.1, 0.15) is 16.8 Å². The maximum absolute atomic E-state index is 8.66. The molecule has 20 heavy (non-hydrogen) atoms. The molecule has 0 amide bonds. The smallest absolute Gasteiger partial charge is 0.189 e. The van der Waals surface area contributed by atoms with Gasteiger partial charge in [-0.05, 0) is 24.0 Å². The second-order valence-electron chi connectivity index (χ2n) is 2.95. The number of nitrogens with zero attached hydrogens (tertiary/aromatic N) is 3. The van der Waals surface area contributed by atoms with E-state index >= 15 is 0 Å². The van der Waals surface area contributed by atoms with Crippen LogP contribution in [0.1, 0.15) is 24.3 Å². The van der Waals surface area contributed by atoms with Crippen molar-refractivity contribution in [3.8, 4) is 6.07 Å². The molecule has 0 atom stereocenters. The zero-order chi connectivity index (χ0) is 15.4. The van der Waals surface area contributed by atoms with Crippen LogP contribution in [0, 0.1) is 11.3 Å². The molecule has 0 radical (unpaired) electrons. The van der Waals surface area contributed by atoms with Gasteiger partial charge < -0.3 is 5.32 Å². The Labute approximate surface area is 134 Å². The fourth-order valence-corrected chi connectivity index (χ4v) is 1.91. The summed E-state index contributed by atoms with van der Waals surface area (Å²) in [5, 5.41) is 12.3. The van der Waals surface area contributed by atoms with Crippen LogP contribution in [0.25, 0.3) is 0 Å². The van der Waals surface area contributed by atoms with E-state index in [2.05, 4.69) is 27.9 Å². The number of thiazole rings is 1. The van der Waals surface area contributed by atoms with Crippen LogP contribution in [0.15, 0.2) is 24.5 Å². The molecule has 2 aromatic heterocycles. The number of rotatable bonds is 3. The Morgan fingerprint density at radius 1 is 1.40 bits per heavy atom. The van der Waals surface area contributed by atoms with E-state index in [4.69, 9.17) is 16.9 Å². The lowest BCUT2D eigenvalue weighted by Crippen LogP contribution is -1.93. The highest BCUT2D eigenvalue weighted by atomic mass is 35.5. The molecule has 0 saturated carbocycles. The van der Waals surface area contributed by atoms with Crippen LogP contribution in [0.4, 0.5) is 10.9 Å². The van der Waals surface area contributed by atoms with Gasteiger partial charge in [0, 0.05) is 12.1 Å². The Morgan fingerprint density at radius 2 is 2.10 bits per heavy atom. The Bertz CT molecular complexity index is 537. The molecule has 0 bridgehead atoms. The number of hydrogen-bond acceptors (Lipinski definition) is 6. The minimum Gasteiger partial charge on any atom is -0.316 e. The molecule has 0 spiro atoms. The van der Waals surface area contributed by atoms with Gasteiger partial charge in [-0.2, -0.15) is 17.9 Å². The van der Waals surface area contributed by atoms with E-state index in [9.17, 15) is 0 Å². The third kappa shape index (κ3) is 6.24. The summed E-state index contributed by atoms with van der Waals surface area (Å²) in [6.07, 6.45) is 4.90. The number of anilines is 2. The summed E-state index contributed by atoms with van der Waals surface area (Å²) < 4.78 is 0. The van der Waals surface area contributed by atoms with Crippen molar-refractivity contribution in [2.24, 2.45) is 0 Å². The lowest BCUT2D eigenvalue weighted by atomic mass is 10.3. The lowest BCUT2D eigenvalue weighted by Gasteiger charge is -2.02. The summed E-state index contributed by atoms with van der Waals surface area (Å²) in [5.41, 5.74) is 0.983. The molecule has 0 aliphatic heterocycles. The molecule has 1 N–H and O–H groups in total. The van der Waals surface area contributed by atoms with Crippen LogP contribution in [-0.4, -0.2) is 16.2 Å². The van der Waals surface area contributed by atoms with Crippen LogP contribution < -0.4 is 5.32 Å². The molecule has 4 nitrogen and oxygen atoms in total. The van der Waals surface area contributed by atoms with Gasteiger partial charge in [-0.3, -0.25) is 0 Å². The Kier molecular flexibility index (Phi) is 10.8. The molecule has 2 rings (SSSR count). The van der Waals surface area contributed by atoms with Crippen molar-refractivity contribution in [3.63, 3.8) is 0 Å². The van der Waals surface area contributed by atoms with E-state index in [1.165, 1.54) is 17.5 Å². The predicted molar refractivity (Wildman–Crippen MR) is 90.2 cm³/mol. The number of pyridine rings is 1. The van der Waals surface area contributed by atoms with E-state index in [1.54, 1.807) is 12.5 Å². The van der Waals surface area contributed by atoms with E-state index in [-0.39, 0.29) is 0 Å². The molecule has 0 unspecified atom stereocenters. The van der Waals surface area contributed by atoms with Crippen LogP contribution in [0.5, 0.6) is 0 Å². The van der Waals surface area contributed by atoms with Gasteiger partial charge in [-0.25, -0.2) is 9.97 Å². The minimum atomic E-state index is 0.443. The Hall–Kier alpha value is -1.29. The molecule has 0 saturated heterocycles. The third-order valence-corrected chi connectivity index (χ3v) is 2.96. The average molecular weight is 329 g/mol. The summed E-state index contributed by atoms with van der Waals surface area (Å²) >= 11 is 10.5. The molecule has 7 heteroatoms. The van der Waals surface area contributed by atoms with Gasteiger partial charge in [0.15, 0.2) is 5.13 Å². The number of nitriles is 1. The lowest BCUT2D eigenvalue weighted by molar-refractivity contribution is 1.25. The van der Waals surface area contributed by atoms with Gasteiger partial charge in [0.25, 0.3) is 0 Å². The summed E-state index contributed by atoms with van der Waals surface area (Å²) in [6.45, 7) is 4.00. The summed E-state index contributed by atoms with van der Waals surface area (Å²) in [5.74, 6) is 1.12. The highest BCUT2D eigenvalue weighted by Gasteiger charge is 2.02. The SMILES string of the molecule is CC.CS.N#Cc1cnc(Nc2cc(CCl)ccn2)s1. The van der Waals surface area contributed by atoms with Crippen molar-refractivity contribution in [2.45, 2.75) is 19.7 Å². The maximum Gasteiger partial charge on any atom is 0.189 e. The minimum absolute atomic E-state index is 0.443. The fraction of sp³-hybridized carbons (Fsp3) is 0.308. The molecule has 2 aromatic rings. The van der Waals surface area contributed by atoms with Crippen LogP contribution in [0.3, 0.4) is 0 Å². The van der Waals surface area contributed by atoms with E-state index < -0.39 is 0 Å². The number of thiol groups is 1. The van der Waals surface area contributed by atoms with E-state index in [1.807, 2.05) is 32.0 Å². The van der Waals surface area contributed by atoms with Crippen molar-refractivity contribution in [1.82, 2.24) is 9.97 Å². The highest BCUT2D eigenvalue weighted by molar-refractivity contribution is 7.79. The molecule has 0 aliphatic rings. The van der Waals surface area contributed by atoms with Crippen molar-refractivity contribution >= 4 is 46.5 Å². The highest BCUT2D eigenvalue weighted by Crippen LogP contribution is 2.21. The molecule has 0 fully saturated rings. The molecule has 0 aliphatic carbocycles. The number of alkyl halides is 1. The maximum atomic E-state index is 8.66. The largest absolute Gasteiger partial charge is 0.316 e. The van der Waals surface area contributed by atoms with Gasteiger partial charge in [-0.15, -0.1) is 11.6 Å². The normalized spacial score (nSPS) is 8.40. The number of nitrogens with one attached hydrogen (secondary N) is 1. The fourth-order valence-electron chi connectivity index (χ4n) is 1.12. The second-order valence-corrected chi connectivity index (χ2v) is 4.25. The number of aromatic nitrogens is 2. The molecule has 0 aromatic carbocycles. The molecule has 2 heterocycles. The Balaban J connectivity index is 0.000000829. The molecule has 108 valence electrons. The van der Waals surface area contributed by atoms with Crippen LogP contribution >= 0.6 is 35.6 Å². The van der Waals surface area contributed by atoms with Crippen molar-refractivity contribution < 1.29 is 0 Å². The predicted octanol–water partition coefficient (Wildman–Crippen LogP) is 4.46. The molecular weight excluding hydrogens is 312 g/mol. The average Bonchev–Trinajstić information content (AvgIpc) is 2.99. The number of halogens is 1. The van der Waals surface area contributed by atoms with E-state index in [0.29, 0.717) is 21.7 Å². The third-order valence-electron chi connectivity index (χ3n) is 1.83. The van der Waals surface area contributed by atoms with Crippen molar-refractivity contribution in [1.29, 1.82) is 5.26 Å². The summed E-state index contributed by atoms with van der Waals surface area (Å²) in [4.78, 5) is 8.75. The Morgan fingerprint density at radius 3 is 2.65 bits per heavy atom. The summed E-state index contributed by atoms with van der Waals surface area (Å²) in [7, 11) is 0. The zero-order valence-electron chi connectivity index (χ0n) is 11.6. The summed E-state index contributed by atoms with van der Waals surface area (Å²) in [6, 6.07) is 5.73. The zero-order valence-corrected chi connectivity index (χ0v) is 14.1. The first-order chi connectivity index (χ1) is 9.81. The van der Waals surface area contributed by atoms with Gasteiger partial charge >= 0.3 is 0 Å². The van der Waals surface area contributed by atoms with Crippen LogP contribution in [-0.2, 0) is 5.88 Å². The van der Waals surface area contributed by atoms with Crippen molar-refractivity contribution in [2.75, 3.05) is 11.6 Å². The van der Waals surface area contributed by atoms with Crippen LogP contribution in [0.2, 0.25) is 0 Å². The molecular formula is C13H17ClN4S2.